The molecule has 1 aliphatic heterocycles. The van der Waals surface area contributed by atoms with Crippen LogP contribution < -0.4 is 5.69 Å². The number of hydrogen-bond donors (Lipinski definition) is 1. The van der Waals surface area contributed by atoms with E-state index in [0.29, 0.717) is 16.3 Å². The Bertz CT molecular complexity index is 519. The van der Waals surface area contributed by atoms with Crippen molar-refractivity contribution >= 4 is 17.7 Å². The summed E-state index contributed by atoms with van der Waals surface area (Å²) in [7, 11) is 0. The highest BCUT2D eigenvalue weighted by Crippen LogP contribution is 2.21. The number of aromatic nitrogens is 2. The van der Waals surface area contributed by atoms with Gasteiger partial charge in [0.25, 0.3) is 5.91 Å². The second-order valence-corrected chi connectivity index (χ2v) is 5.55. The Hall–Kier alpha value is -1.30. The normalized spacial score (nSPS) is 16.2. The number of carbonyl (C=O) groups is 1. The fourth-order valence-electron chi connectivity index (χ4n) is 2.39. The van der Waals surface area contributed by atoms with Crippen LogP contribution in [0.25, 0.3) is 0 Å². The number of rotatable bonds is 2. The van der Waals surface area contributed by atoms with E-state index in [0.717, 1.165) is 25.9 Å². The van der Waals surface area contributed by atoms with E-state index < -0.39 is 5.69 Å². The number of likely N-dealkylation sites (tertiary alicyclic amines) is 1. The van der Waals surface area contributed by atoms with Crippen molar-refractivity contribution in [1.29, 1.82) is 0 Å². The van der Waals surface area contributed by atoms with Crippen LogP contribution in [0.4, 0.5) is 0 Å². The largest absolute Gasteiger partial charge is 0.346 e. The highest BCUT2D eigenvalue weighted by atomic mass is 32.2. The van der Waals surface area contributed by atoms with Crippen LogP contribution in [0.1, 0.15) is 41.7 Å². The van der Waals surface area contributed by atoms with Gasteiger partial charge in [0, 0.05) is 18.8 Å². The molecule has 1 saturated heterocycles. The van der Waals surface area contributed by atoms with E-state index >= 15 is 0 Å². The summed E-state index contributed by atoms with van der Waals surface area (Å²) in [5, 5.41) is 0.524. The van der Waals surface area contributed by atoms with Crippen LogP contribution in [0.3, 0.4) is 0 Å². The number of hydrogen-bond acceptors (Lipinski definition) is 4. The molecule has 2 rings (SSSR count). The number of thioether (sulfide) groups is 1. The van der Waals surface area contributed by atoms with Gasteiger partial charge in [0.1, 0.15) is 5.03 Å². The van der Waals surface area contributed by atoms with E-state index in [4.69, 9.17) is 0 Å². The summed E-state index contributed by atoms with van der Waals surface area (Å²) in [4.78, 5) is 32.4. The summed E-state index contributed by atoms with van der Waals surface area (Å²) >= 11 is 1.34. The van der Waals surface area contributed by atoms with E-state index in [1.165, 1.54) is 24.6 Å². The molecule has 2 heterocycles. The van der Waals surface area contributed by atoms with Gasteiger partial charge in [0.15, 0.2) is 0 Å². The fraction of sp³-hybridized carbons (Fsp3) is 0.615. The van der Waals surface area contributed by atoms with Crippen LogP contribution in [0, 0.1) is 6.92 Å². The van der Waals surface area contributed by atoms with Crippen molar-refractivity contribution in [3.05, 3.63) is 21.7 Å². The minimum atomic E-state index is -0.394. The first-order valence-electron chi connectivity index (χ1n) is 6.57. The van der Waals surface area contributed by atoms with Gasteiger partial charge in [-0.05, 0) is 26.0 Å². The first kappa shape index (κ1) is 14.1. The number of H-pyrrole nitrogens is 1. The van der Waals surface area contributed by atoms with Crippen LogP contribution in [-0.4, -0.2) is 40.1 Å². The number of aromatic amines is 1. The summed E-state index contributed by atoms with van der Waals surface area (Å²) in [6, 6.07) is 0. The molecule has 0 saturated carbocycles. The summed E-state index contributed by atoms with van der Waals surface area (Å²) in [6.45, 7) is 3.35. The van der Waals surface area contributed by atoms with E-state index in [-0.39, 0.29) is 5.91 Å². The Morgan fingerprint density at radius 1 is 1.26 bits per heavy atom. The lowest BCUT2D eigenvalue weighted by molar-refractivity contribution is 0.0756. The first-order valence-corrected chi connectivity index (χ1v) is 7.80. The van der Waals surface area contributed by atoms with Gasteiger partial charge in [-0.1, -0.05) is 12.8 Å². The molecule has 0 bridgehead atoms. The molecule has 1 N–H and O–H groups in total. The second kappa shape index (κ2) is 6.23. The zero-order valence-corrected chi connectivity index (χ0v) is 12.2. The zero-order chi connectivity index (χ0) is 13.8. The second-order valence-electron chi connectivity index (χ2n) is 4.76. The number of nitrogens with zero attached hydrogens (tertiary/aromatic N) is 2. The Balaban J connectivity index is 2.34. The lowest BCUT2D eigenvalue weighted by Gasteiger charge is -2.21. The third kappa shape index (κ3) is 3.18. The monoisotopic (exact) mass is 281 g/mol. The molecule has 0 atom stereocenters. The van der Waals surface area contributed by atoms with Crippen molar-refractivity contribution in [3.8, 4) is 0 Å². The minimum Gasteiger partial charge on any atom is -0.339 e. The molecule has 0 spiro atoms. The SMILES string of the molecule is CSc1nc(=O)[nH]c(C)c1C(=O)N1CCCCCC1. The van der Waals surface area contributed by atoms with E-state index in [2.05, 4.69) is 9.97 Å². The summed E-state index contributed by atoms with van der Waals surface area (Å²) < 4.78 is 0. The molecule has 1 amide bonds. The van der Waals surface area contributed by atoms with Gasteiger partial charge in [0.05, 0.1) is 5.56 Å². The maximum Gasteiger partial charge on any atom is 0.346 e. The molecular formula is C13H19N3O2S. The summed E-state index contributed by atoms with van der Waals surface area (Å²) in [6.07, 6.45) is 6.30. The molecule has 1 aliphatic rings. The maximum atomic E-state index is 12.6. The Kier molecular flexibility index (Phi) is 4.63. The van der Waals surface area contributed by atoms with Crippen LogP contribution in [0.2, 0.25) is 0 Å². The van der Waals surface area contributed by atoms with Crippen molar-refractivity contribution in [2.45, 2.75) is 37.6 Å². The van der Waals surface area contributed by atoms with Gasteiger partial charge in [-0.15, -0.1) is 11.8 Å². The van der Waals surface area contributed by atoms with E-state index in [9.17, 15) is 9.59 Å². The highest BCUT2D eigenvalue weighted by Gasteiger charge is 2.23. The van der Waals surface area contributed by atoms with Crippen molar-refractivity contribution in [1.82, 2.24) is 14.9 Å². The maximum absolute atomic E-state index is 12.6. The molecule has 6 heteroatoms. The van der Waals surface area contributed by atoms with E-state index in [1.807, 2.05) is 11.2 Å². The minimum absolute atomic E-state index is 0.00694. The topological polar surface area (TPSA) is 66.1 Å². The smallest absolute Gasteiger partial charge is 0.339 e. The fourth-order valence-corrected chi connectivity index (χ4v) is 3.01. The van der Waals surface area contributed by atoms with Crippen LogP contribution >= 0.6 is 11.8 Å². The average molecular weight is 281 g/mol. The van der Waals surface area contributed by atoms with Crippen molar-refractivity contribution in [2.24, 2.45) is 0 Å². The van der Waals surface area contributed by atoms with Crippen molar-refractivity contribution in [3.63, 3.8) is 0 Å². The summed E-state index contributed by atoms with van der Waals surface area (Å²) in [5.41, 5.74) is 0.766. The third-order valence-electron chi connectivity index (χ3n) is 3.39. The van der Waals surface area contributed by atoms with Gasteiger partial charge >= 0.3 is 5.69 Å². The average Bonchev–Trinajstić information content (AvgIpc) is 2.65. The van der Waals surface area contributed by atoms with Crippen LogP contribution in [-0.2, 0) is 0 Å². The van der Waals surface area contributed by atoms with Crippen LogP contribution in [0.15, 0.2) is 9.82 Å². The number of nitrogens with one attached hydrogen (secondary N) is 1. The molecule has 19 heavy (non-hydrogen) atoms. The molecule has 0 radical (unpaired) electrons. The zero-order valence-electron chi connectivity index (χ0n) is 11.4. The molecule has 1 fully saturated rings. The molecular weight excluding hydrogens is 262 g/mol. The Morgan fingerprint density at radius 3 is 2.47 bits per heavy atom. The molecule has 0 aromatic carbocycles. The Labute approximate surface area is 116 Å². The first-order chi connectivity index (χ1) is 9.13. The van der Waals surface area contributed by atoms with E-state index in [1.54, 1.807) is 6.92 Å². The molecule has 104 valence electrons. The van der Waals surface area contributed by atoms with Gasteiger partial charge < -0.3 is 9.88 Å². The molecule has 0 aliphatic carbocycles. The number of aryl methyl sites for hydroxylation is 1. The number of carbonyl (C=O) groups excluding carboxylic acids is 1. The quantitative estimate of drug-likeness (QED) is 0.663. The van der Waals surface area contributed by atoms with Gasteiger partial charge in [-0.3, -0.25) is 4.79 Å². The number of amides is 1. The van der Waals surface area contributed by atoms with Crippen molar-refractivity contribution < 1.29 is 4.79 Å². The van der Waals surface area contributed by atoms with Crippen LogP contribution in [0.5, 0.6) is 0 Å². The van der Waals surface area contributed by atoms with Gasteiger partial charge in [-0.2, -0.15) is 4.98 Å². The summed E-state index contributed by atoms with van der Waals surface area (Å²) in [5.74, 6) is -0.00694. The molecule has 1 aromatic heterocycles. The van der Waals surface area contributed by atoms with Gasteiger partial charge in [-0.25, -0.2) is 4.79 Å². The highest BCUT2D eigenvalue weighted by molar-refractivity contribution is 7.98. The molecule has 0 unspecified atom stereocenters. The lowest BCUT2D eigenvalue weighted by atomic mass is 10.2. The standard InChI is InChI=1S/C13H19N3O2S/c1-9-10(11(19-2)15-13(18)14-9)12(17)16-7-5-3-4-6-8-16/h3-8H2,1-2H3,(H,14,15,18). The lowest BCUT2D eigenvalue weighted by Crippen LogP contribution is -2.34. The Morgan fingerprint density at radius 2 is 1.89 bits per heavy atom. The molecule has 1 aromatic rings. The predicted molar refractivity (Wildman–Crippen MR) is 75.7 cm³/mol. The predicted octanol–water partition coefficient (Wildman–Crippen LogP) is 1.82. The molecule has 5 nitrogen and oxygen atoms in total. The van der Waals surface area contributed by atoms with Crippen molar-refractivity contribution in [2.75, 3.05) is 19.3 Å². The van der Waals surface area contributed by atoms with Gasteiger partial charge in [0.2, 0.25) is 0 Å². The third-order valence-corrected chi connectivity index (χ3v) is 4.07.